The van der Waals surface area contributed by atoms with Crippen molar-refractivity contribution in [1.82, 2.24) is 10.3 Å². The van der Waals surface area contributed by atoms with E-state index in [1.807, 2.05) is 100 Å². The Morgan fingerprint density at radius 3 is 1.54 bits per heavy atom. The van der Waals surface area contributed by atoms with Crippen LogP contribution in [0.25, 0.3) is 21.5 Å². The zero-order valence-electron chi connectivity index (χ0n) is 32.0. The van der Waals surface area contributed by atoms with Gasteiger partial charge in [-0.1, -0.05) is 83.1 Å². The summed E-state index contributed by atoms with van der Waals surface area (Å²) >= 11 is 0. The minimum absolute atomic E-state index is 0.159. The molecule has 0 unspecified atom stereocenters. The summed E-state index contributed by atoms with van der Waals surface area (Å²) in [5.74, 6) is 1.67. The van der Waals surface area contributed by atoms with Crippen LogP contribution in [0, 0.1) is 27.7 Å². The Balaban J connectivity index is 0.000000161. The van der Waals surface area contributed by atoms with E-state index in [9.17, 15) is 9.59 Å². The number of anilines is 2. The van der Waals surface area contributed by atoms with Gasteiger partial charge in [-0.2, -0.15) is 0 Å². The lowest BCUT2D eigenvalue weighted by Crippen LogP contribution is -2.12. The minimum Gasteiger partial charge on any atom is -0.489 e. The van der Waals surface area contributed by atoms with E-state index in [-0.39, 0.29) is 11.5 Å². The van der Waals surface area contributed by atoms with Crippen LogP contribution in [0.2, 0.25) is 0 Å². The molecule has 0 saturated carbocycles. The van der Waals surface area contributed by atoms with Gasteiger partial charge < -0.3 is 34.7 Å². The largest absolute Gasteiger partial charge is 0.489 e. The van der Waals surface area contributed by atoms with Crippen LogP contribution in [0.3, 0.4) is 0 Å². The molecule has 57 heavy (non-hydrogen) atoms. The number of aryl methyl sites for hydroxylation is 4. The quantitative estimate of drug-likeness (QED) is 0.121. The molecule has 0 atom stereocenters. The lowest BCUT2D eigenvalue weighted by molar-refractivity contribution is 0.0696. The summed E-state index contributed by atoms with van der Waals surface area (Å²) in [4.78, 5) is 23.3. The zero-order valence-corrected chi connectivity index (χ0v) is 32.0. The summed E-state index contributed by atoms with van der Waals surface area (Å²) < 4.78 is 21.5. The fourth-order valence-corrected chi connectivity index (χ4v) is 5.90. The number of nitrogen functional groups attached to an aromatic ring is 1. The molecule has 288 valence electrons. The number of rotatable bonds is 9. The first-order chi connectivity index (χ1) is 27.6. The van der Waals surface area contributed by atoms with Crippen LogP contribution in [0.15, 0.2) is 143 Å². The number of aromatic carboxylic acids is 1. The van der Waals surface area contributed by atoms with E-state index < -0.39 is 5.97 Å². The van der Waals surface area contributed by atoms with Crippen LogP contribution in [-0.2, 0) is 13.2 Å². The second-order valence-corrected chi connectivity index (χ2v) is 13.1. The van der Waals surface area contributed by atoms with Gasteiger partial charge in [-0.3, -0.25) is 4.79 Å². The van der Waals surface area contributed by atoms with Crippen molar-refractivity contribution < 1.29 is 33.2 Å². The molecule has 2 aromatic heterocycles. The smallest absolute Gasteiger partial charge is 0.335 e. The number of hydrogen-bond acceptors (Lipinski definition) is 9. The topological polar surface area (TPSA) is 163 Å². The second-order valence-electron chi connectivity index (χ2n) is 13.1. The first-order valence-electron chi connectivity index (χ1n) is 18.1. The first kappa shape index (κ1) is 39.3. The van der Waals surface area contributed by atoms with E-state index in [4.69, 9.17) is 29.4 Å². The zero-order chi connectivity index (χ0) is 40.3. The number of hydrogen-bond donors (Lipinski definition) is 3. The number of carbonyl (C=O) groups excluding carboxylic acids is 1. The monoisotopic (exact) mass is 762 g/mol. The van der Waals surface area contributed by atoms with E-state index in [0.717, 1.165) is 61.6 Å². The van der Waals surface area contributed by atoms with Gasteiger partial charge in [0.15, 0.2) is 0 Å². The Morgan fingerprint density at radius 2 is 1.05 bits per heavy atom. The highest BCUT2D eigenvalue weighted by Gasteiger charge is 2.12. The first-order valence-corrected chi connectivity index (χ1v) is 18.1. The van der Waals surface area contributed by atoms with Gasteiger partial charge in [-0.05, 0) is 99.1 Å². The summed E-state index contributed by atoms with van der Waals surface area (Å²) in [5, 5.41) is 23.9. The highest BCUT2D eigenvalue weighted by Crippen LogP contribution is 2.25. The molecular weight excluding hydrogens is 721 g/mol. The number of amides is 1. The second kappa shape index (κ2) is 18.3. The van der Waals surface area contributed by atoms with Gasteiger partial charge in [0.05, 0.1) is 28.1 Å². The molecule has 0 saturated heterocycles. The Morgan fingerprint density at radius 1 is 0.596 bits per heavy atom. The predicted octanol–water partition coefficient (Wildman–Crippen LogP) is 10.3. The maximum Gasteiger partial charge on any atom is 0.335 e. The van der Waals surface area contributed by atoms with Crippen molar-refractivity contribution >= 4 is 44.8 Å². The third-order valence-corrected chi connectivity index (χ3v) is 9.21. The van der Waals surface area contributed by atoms with Gasteiger partial charge in [-0.15, -0.1) is 0 Å². The summed E-state index contributed by atoms with van der Waals surface area (Å²) in [5.41, 5.74) is 11.7. The Labute approximate surface area is 329 Å². The number of fused-ring (bicyclic) bond motifs is 2. The molecule has 0 aliphatic heterocycles. The van der Waals surface area contributed by atoms with Crippen molar-refractivity contribution in [2.45, 2.75) is 40.9 Å². The molecule has 11 heteroatoms. The summed E-state index contributed by atoms with van der Waals surface area (Å²) in [6.07, 6.45) is 0. The number of ether oxygens (including phenoxy) is 2. The van der Waals surface area contributed by atoms with Crippen LogP contribution < -0.4 is 20.5 Å². The molecular formula is C46H42N4O7. The number of carboxylic acids is 1. The maximum absolute atomic E-state index is 12.6. The molecule has 4 N–H and O–H groups in total. The third-order valence-electron chi connectivity index (χ3n) is 9.21. The number of carbonyl (C=O) groups is 2. The maximum atomic E-state index is 12.6. The summed E-state index contributed by atoms with van der Waals surface area (Å²) in [6.45, 7) is 8.15. The molecule has 0 radical (unpaired) electrons. The lowest BCUT2D eigenvalue weighted by Gasteiger charge is -2.10. The van der Waals surface area contributed by atoms with Crippen molar-refractivity contribution in [3.05, 3.63) is 179 Å². The third kappa shape index (κ3) is 10.0. The van der Waals surface area contributed by atoms with Crippen LogP contribution >= 0.6 is 0 Å². The fraction of sp³-hybridized carbons (Fsp3) is 0.130. The van der Waals surface area contributed by atoms with E-state index in [1.165, 1.54) is 17.5 Å². The van der Waals surface area contributed by atoms with Crippen LogP contribution in [0.1, 0.15) is 54.8 Å². The number of benzene rings is 6. The van der Waals surface area contributed by atoms with Crippen molar-refractivity contribution in [3.8, 4) is 11.5 Å². The number of aromatic nitrogens is 2. The Hall–Kier alpha value is -7.40. The number of nitrogens with two attached hydrogens (primary N) is 1. The van der Waals surface area contributed by atoms with E-state index >= 15 is 0 Å². The molecule has 0 fully saturated rings. The predicted molar refractivity (Wildman–Crippen MR) is 221 cm³/mol. The molecule has 0 aliphatic carbocycles. The fourth-order valence-electron chi connectivity index (χ4n) is 5.90. The van der Waals surface area contributed by atoms with Crippen LogP contribution in [0.5, 0.6) is 11.5 Å². The molecule has 6 aromatic carbocycles. The minimum atomic E-state index is -0.952. The highest BCUT2D eigenvalue weighted by molar-refractivity contribution is 6.09. The average molecular weight is 763 g/mol. The number of carboxylic acid groups (broad SMARTS) is 1. The SMILES string of the molecule is Cc1noc(C)c1COc1ccc(C(=O)Nc2cccc3ccccc23)cc1.Cc1noc(C)c1COc1ccc(C(=O)O)cc1.Nc1cccc2ccccc12. The lowest BCUT2D eigenvalue weighted by atomic mass is 10.1. The Kier molecular flexibility index (Phi) is 12.6. The van der Waals surface area contributed by atoms with Crippen molar-refractivity contribution in [2.24, 2.45) is 0 Å². The summed E-state index contributed by atoms with van der Waals surface area (Å²) in [6, 6.07) is 41.2. The highest BCUT2D eigenvalue weighted by atomic mass is 16.5. The molecule has 0 bridgehead atoms. The van der Waals surface area contributed by atoms with Gasteiger partial charge in [0.1, 0.15) is 36.2 Å². The normalized spacial score (nSPS) is 10.5. The Bertz CT molecular complexity index is 2560. The molecule has 2 heterocycles. The van der Waals surface area contributed by atoms with Gasteiger partial charge in [0, 0.05) is 27.7 Å². The standard InChI is InChI=1S/C23H20N2O3.C13H13NO4.C10H9N/c1-15-21(16(2)28-25-15)14-27-19-12-10-18(11-13-19)23(26)24-22-9-5-7-17-6-3-4-8-20(17)22;1-8-12(9(2)18-14-8)7-17-11-5-3-10(4-6-11)13(15)16;11-10-7-3-5-8-4-1-2-6-9(8)10/h3-13H,14H2,1-2H3,(H,24,26);3-6H,7H2,1-2H3,(H,15,16);1-7H,11H2. The van der Waals surface area contributed by atoms with E-state index in [0.29, 0.717) is 30.3 Å². The van der Waals surface area contributed by atoms with Crippen LogP contribution in [0.4, 0.5) is 11.4 Å². The van der Waals surface area contributed by atoms with E-state index in [1.54, 1.807) is 36.4 Å². The van der Waals surface area contributed by atoms with Crippen molar-refractivity contribution in [1.29, 1.82) is 0 Å². The van der Waals surface area contributed by atoms with Crippen LogP contribution in [-0.4, -0.2) is 27.3 Å². The van der Waals surface area contributed by atoms with Gasteiger partial charge >= 0.3 is 5.97 Å². The van der Waals surface area contributed by atoms with Gasteiger partial charge in [0.25, 0.3) is 5.91 Å². The van der Waals surface area contributed by atoms with Crippen molar-refractivity contribution in [3.63, 3.8) is 0 Å². The molecule has 8 rings (SSSR count). The molecule has 0 aliphatic rings. The van der Waals surface area contributed by atoms with E-state index in [2.05, 4.69) is 27.8 Å². The molecule has 1 amide bonds. The average Bonchev–Trinajstić information content (AvgIpc) is 3.73. The molecule has 8 aromatic rings. The molecule has 0 spiro atoms. The van der Waals surface area contributed by atoms with Gasteiger partial charge in [0.2, 0.25) is 0 Å². The molecule has 11 nitrogen and oxygen atoms in total. The van der Waals surface area contributed by atoms with Gasteiger partial charge in [-0.25, -0.2) is 4.79 Å². The number of nitrogens with zero attached hydrogens (tertiary/aromatic N) is 2. The number of nitrogens with one attached hydrogen (secondary N) is 1. The van der Waals surface area contributed by atoms with Crippen molar-refractivity contribution in [2.75, 3.05) is 11.1 Å². The summed E-state index contributed by atoms with van der Waals surface area (Å²) in [7, 11) is 0.